The van der Waals surface area contributed by atoms with Gasteiger partial charge in [0, 0.05) is 26.7 Å². The monoisotopic (exact) mass is 428 g/mol. The average Bonchev–Trinajstić information content (AvgIpc) is 2.65. The van der Waals surface area contributed by atoms with Crippen LogP contribution in [-0.2, 0) is 14.4 Å². The lowest BCUT2D eigenvalue weighted by Gasteiger charge is -2.54. The standard InChI is InChI=1S/C23H44N2O5/c1-7-9-10-11-12-13-14-15-16-17-19(26)24-22(3,18-8-2)25(5,6)23(4,20(27)28)21(29)30/h7-18H2,1-6H3,(H2-,24,26,27,28,29,30). The molecule has 7 nitrogen and oxygen atoms in total. The fourth-order valence-corrected chi connectivity index (χ4v) is 3.98. The zero-order valence-corrected chi connectivity index (χ0v) is 20.0. The third kappa shape index (κ3) is 7.25. The smallest absolute Gasteiger partial charge is 0.371 e. The second-order valence-electron chi connectivity index (χ2n) is 9.27. The molecule has 2 atom stereocenters. The van der Waals surface area contributed by atoms with Crippen molar-refractivity contribution in [2.75, 3.05) is 14.1 Å². The first-order chi connectivity index (χ1) is 13.9. The van der Waals surface area contributed by atoms with Gasteiger partial charge in [-0.15, -0.1) is 0 Å². The van der Waals surface area contributed by atoms with Gasteiger partial charge in [0.1, 0.15) is 5.97 Å². The topological polar surface area (TPSA) is 107 Å². The van der Waals surface area contributed by atoms with Crippen LogP contribution in [0.15, 0.2) is 0 Å². The van der Waals surface area contributed by atoms with Crippen LogP contribution in [0.1, 0.15) is 105 Å². The number of hydrogen-bond acceptors (Lipinski definition) is 4. The molecule has 0 aromatic carbocycles. The minimum Gasteiger partial charge on any atom is -0.543 e. The predicted octanol–water partition coefficient (Wildman–Crippen LogP) is 3.21. The van der Waals surface area contributed by atoms with Crippen molar-refractivity contribution in [3.63, 3.8) is 0 Å². The summed E-state index contributed by atoms with van der Waals surface area (Å²) in [5.41, 5.74) is -3.26. The molecule has 0 aromatic heterocycles. The number of carboxylic acids is 2. The molecule has 0 aliphatic heterocycles. The molecule has 176 valence electrons. The van der Waals surface area contributed by atoms with Gasteiger partial charge in [0.25, 0.3) is 0 Å². The molecule has 2 unspecified atom stereocenters. The number of aliphatic carboxylic acids is 2. The summed E-state index contributed by atoms with van der Waals surface area (Å²) in [6.45, 7) is 6.99. The molecule has 0 aliphatic carbocycles. The maximum atomic E-state index is 12.6. The van der Waals surface area contributed by atoms with E-state index in [0.29, 0.717) is 19.3 Å². The van der Waals surface area contributed by atoms with Gasteiger partial charge in [-0.05, 0) is 12.8 Å². The second kappa shape index (κ2) is 12.9. The number of hydrogen-bond donors (Lipinski definition) is 2. The summed E-state index contributed by atoms with van der Waals surface area (Å²) in [7, 11) is 3.05. The number of nitrogens with zero attached hydrogens (tertiary/aromatic N) is 1. The summed E-state index contributed by atoms with van der Waals surface area (Å²) >= 11 is 0. The largest absolute Gasteiger partial charge is 0.543 e. The van der Waals surface area contributed by atoms with Gasteiger partial charge in [0.05, 0.1) is 14.1 Å². The number of nitrogens with one attached hydrogen (secondary N) is 1. The van der Waals surface area contributed by atoms with Crippen LogP contribution in [0, 0.1) is 0 Å². The fourth-order valence-electron chi connectivity index (χ4n) is 3.98. The van der Waals surface area contributed by atoms with Gasteiger partial charge in [0.15, 0.2) is 5.66 Å². The Balaban J connectivity index is 4.87. The van der Waals surface area contributed by atoms with E-state index in [1.165, 1.54) is 52.6 Å². The number of unbranched alkanes of at least 4 members (excludes halogenated alkanes) is 8. The molecule has 0 fully saturated rings. The van der Waals surface area contributed by atoms with E-state index in [9.17, 15) is 24.6 Å². The van der Waals surface area contributed by atoms with E-state index in [-0.39, 0.29) is 5.91 Å². The van der Waals surface area contributed by atoms with Crippen molar-refractivity contribution < 1.29 is 29.1 Å². The lowest BCUT2D eigenvalue weighted by atomic mass is 9.89. The van der Waals surface area contributed by atoms with Crippen molar-refractivity contribution in [1.29, 1.82) is 0 Å². The van der Waals surface area contributed by atoms with Crippen LogP contribution in [0.5, 0.6) is 0 Å². The maximum Gasteiger partial charge on any atom is 0.371 e. The molecule has 0 rings (SSSR count). The van der Waals surface area contributed by atoms with E-state index < -0.39 is 27.6 Å². The number of likely N-dealkylation sites (N-methyl/N-ethyl adjacent to an activating group) is 1. The SMILES string of the molecule is CCCCCCCCCCCC(=O)NC(C)(CCC)[N+](C)(C)C(C)(C(=O)[O-])C(=O)O. The van der Waals surface area contributed by atoms with Crippen molar-refractivity contribution in [2.24, 2.45) is 0 Å². The number of carbonyl (C=O) groups excluding carboxylic acids is 2. The quantitative estimate of drug-likeness (QED) is 0.160. The van der Waals surface area contributed by atoms with Crippen LogP contribution in [0.2, 0.25) is 0 Å². The zero-order valence-electron chi connectivity index (χ0n) is 20.0. The Labute approximate surface area is 182 Å². The summed E-state index contributed by atoms with van der Waals surface area (Å²) in [6, 6.07) is 0. The normalized spacial score (nSPS) is 15.8. The second-order valence-corrected chi connectivity index (χ2v) is 9.27. The molecule has 7 heteroatoms. The first-order valence-electron chi connectivity index (χ1n) is 11.5. The molecular weight excluding hydrogens is 384 g/mol. The molecule has 30 heavy (non-hydrogen) atoms. The fraction of sp³-hybridized carbons (Fsp3) is 0.870. The van der Waals surface area contributed by atoms with Gasteiger partial charge < -0.3 is 20.3 Å². The maximum absolute atomic E-state index is 12.6. The van der Waals surface area contributed by atoms with Gasteiger partial charge in [0.2, 0.25) is 11.4 Å². The van der Waals surface area contributed by atoms with Crippen molar-refractivity contribution in [1.82, 2.24) is 5.32 Å². The van der Waals surface area contributed by atoms with Crippen LogP contribution in [0.3, 0.4) is 0 Å². The number of quaternary nitrogens is 1. The van der Waals surface area contributed by atoms with Gasteiger partial charge in [-0.25, -0.2) is 4.79 Å². The molecule has 0 spiro atoms. The Morgan fingerprint density at radius 3 is 1.73 bits per heavy atom. The molecule has 0 saturated heterocycles. The molecule has 2 N–H and O–H groups in total. The van der Waals surface area contributed by atoms with Crippen LogP contribution < -0.4 is 10.4 Å². The molecule has 0 aromatic rings. The number of amides is 1. The van der Waals surface area contributed by atoms with Crippen molar-refractivity contribution in [3.05, 3.63) is 0 Å². The molecule has 0 heterocycles. The van der Waals surface area contributed by atoms with E-state index in [1.807, 2.05) is 6.92 Å². The average molecular weight is 429 g/mol. The summed E-state index contributed by atoms with van der Waals surface area (Å²) in [4.78, 5) is 36.3. The highest BCUT2D eigenvalue weighted by atomic mass is 16.4. The van der Waals surface area contributed by atoms with Crippen molar-refractivity contribution in [3.8, 4) is 0 Å². The third-order valence-corrected chi connectivity index (χ3v) is 6.82. The van der Waals surface area contributed by atoms with Gasteiger partial charge in [-0.1, -0.05) is 65.2 Å². The molecule has 0 radical (unpaired) electrons. The summed E-state index contributed by atoms with van der Waals surface area (Å²) in [6.07, 6.45) is 11.9. The Hall–Kier alpha value is -1.63. The number of rotatable bonds is 17. The van der Waals surface area contributed by atoms with Crippen LogP contribution in [0.25, 0.3) is 0 Å². The lowest BCUT2D eigenvalue weighted by molar-refractivity contribution is -0.972. The van der Waals surface area contributed by atoms with E-state index >= 15 is 0 Å². The Morgan fingerprint density at radius 2 is 1.33 bits per heavy atom. The first kappa shape index (κ1) is 28.4. The predicted molar refractivity (Wildman–Crippen MR) is 116 cm³/mol. The summed E-state index contributed by atoms with van der Waals surface area (Å²) in [5, 5.41) is 24.4. The van der Waals surface area contributed by atoms with E-state index in [1.54, 1.807) is 6.92 Å². The van der Waals surface area contributed by atoms with Gasteiger partial charge in [-0.3, -0.25) is 9.28 Å². The molecule has 0 saturated carbocycles. The Kier molecular flexibility index (Phi) is 12.2. The summed E-state index contributed by atoms with van der Waals surface area (Å²) < 4.78 is -0.449. The highest BCUT2D eigenvalue weighted by Gasteiger charge is 2.59. The van der Waals surface area contributed by atoms with E-state index in [4.69, 9.17) is 0 Å². The van der Waals surface area contributed by atoms with Crippen molar-refractivity contribution in [2.45, 2.75) is 116 Å². The van der Waals surface area contributed by atoms with Crippen LogP contribution in [-0.4, -0.2) is 52.7 Å². The van der Waals surface area contributed by atoms with Crippen LogP contribution >= 0.6 is 0 Å². The van der Waals surface area contributed by atoms with Gasteiger partial charge in [-0.2, -0.15) is 0 Å². The van der Waals surface area contributed by atoms with Crippen molar-refractivity contribution >= 4 is 17.8 Å². The number of carboxylic acid groups (broad SMARTS) is 2. The van der Waals surface area contributed by atoms with Crippen LogP contribution in [0.4, 0.5) is 0 Å². The Morgan fingerprint density at radius 1 is 0.867 bits per heavy atom. The summed E-state index contributed by atoms with van der Waals surface area (Å²) in [5.74, 6) is -3.33. The molecule has 1 amide bonds. The minimum atomic E-state index is -2.20. The first-order valence-corrected chi connectivity index (χ1v) is 11.5. The van der Waals surface area contributed by atoms with Gasteiger partial charge >= 0.3 is 5.97 Å². The lowest BCUT2D eigenvalue weighted by Crippen LogP contribution is -2.80. The minimum absolute atomic E-state index is 0.175. The Bertz CT molecular complexity index is 548. The highest BCUT2D eigenvalue weighted by molar-refractivity contribution is 6.00. The van der Waals surface area contributed by atoms with E-state index in [2.05, 4.69) is 12.2 Å². The van der Waals surface area contributed by atoms with E-state index in [0.717, 1.165) is 26.2 Å². The third-order valence-electron chi connectivity index (χ3n) is 6.82. The number of carbonyl (C=O) groups is 3. The molecular formula is C23H44N2O5. The molecule has 0 aliphatic rings. The zero-order chi connectivity index (χ0) is 23.4. The highest BCUT2D eigenvalue weighted by Crippen LogP contribution is 2.33. The molecule has 0 bridgehead atoms.